The zero-order valence-corrected chi connectivity index (χ0v) is 18.2. The minimum atomic E-state index is -0.105. The quantitative estimate of drug-likeness (QED) is 0.608. The van der Waals surface area contributed by atoms with Crippen molar-refractivity contribution < 1.29 is 9.59 Å². The Kier molecular flexibility index (Phi) is 6.66. The first-order chi connectivity index (χ1) is 15.6. The number of nitrogens with zero attached hydrogens (tertiary/aromatic N) is 2. The van der Waals surface area contributed by atoms with E-state index in [9.17, 15) is 9.59 Å². The predicted octanol–water partition coefficient (Wildman–Crippen LogP) is 4.61. The van der Waals surface area contributed by atoms with Gasteiger partial charge in [-0.2, -0.15) is 0 Å². The van der Waals surface area contributed by atoms with Crippen molar-refractivity contribution in [2.75, 3.05) is 36.4 Å². The topological polar surface area (TPSA) is 52.7 Å². The van der Waals surface area contributed by atoms with Crippen molar-refractivity contribution >= 4 is 29.3 Å². The molecule has 5 heteroatoms. The summed E-state index contributed by atoms with van der Waals surface area (Å²) >= 11 is 0. The van der Waals surface area contributed by atoms with Crippen LogP contribution >= 0.6 is 0 Å². The van der Waals surface area contributed by atoms with Gasteiger partial charge in [-0.05, 0) is 54.5 Å². The summed E-state index contributed by atoms with van der Waals surface area (Å²) in [5.41, 5.74) is 4.51. The molecule has 5 nitrogen and oxygen atoms in total. The Labute approximate surface area is 189 Å². The molecule has 1 N–H and O–H groups in total. The highest BCUT2D eigenvalue weighted by Gasteiger charge is 2.20. The van der Waals surface area contributed by atoms with Crippen molar-refractivity contribution in [3.63, 3.8) is 0 Å². The summed E-state index contributed by atoms with van der Waals surface area (Å²) in [4.78, 5) is 29.1. The number of aryl methyl sites for hydroxylation is 1. The van der Waals surface area contributed by atoms with Crippen molar-refractivity contribution in [2.45, 2.75) is 6.92 Å². The van der Waals surface area contributed by atoms with E-state index in [1.165, 1.54) is 0 Å². The number of nitrogens with one attached hydrogen (secondary N) is 1. The number of rotatable bonds is 5. The summed E-state index contributed by atoms with van der Waals surface area (Å²) < 4.78 is 0. The molecule has 3 aromatic carbocycles. The van der Waals surface area contributed by atoms with Crippen LogP contribution in [0.5, 0.6) is 0 Å². The molecule has 1 saturated heterocycles. The van der Waals surface area contributed by atoms with Gasteiger partial charge in [0, 0.05) is 49.2 Å². The average Bonchev–Trinajstić information content (AvgIpc) is 2.84. The van der Waals surface area contributed by atoms with Crippen LogP contribution in [-0.4, -0.2) is 42.9 Å². The lowest BCUT2D eigenvalue weighted by Gasteiger charge is -2.35. The molecule has 1 fully saturated rings. The number of hydrogen-bond acceptors (Lipinski definition) is 3. The van der Waals surface area contributed by atoms with E-state index in [1.54, 1.807) is 6.08 Å². The summed E-state index contributed by atoms with van der Waals surface area (Å²) in [5.74, 6) is -0.0608. The van der Waals surface area contributed by atoms with Crippen molar-refractivity contribution in [1.29, 1.82) is 0 Å². The van der Waals surface area contributed by atoms with Crippen LogP contribution in [0.2, 0.25) is 0 Å². The Hall–Kier alpha value is -3.86. The van der Waals surface area contributed by atoms with Crippen LogP contribution in [0.3, 0.4) is 0 Å². The smallest absolute Gasteiger partial charge is 0.255 e. The standard InChI is InChI=1S/C27H27N3O2/c1-21-7-5-6-10-25(21)27(32)28-23-12-14-24(15-13-23)29-17-19-30(20-18-29)26(31)16-11-22-8-3-2-4-9-22/h2-16H,17-20H2,1H3,(H,28,32). The van der Waals surface area contributed by atoms with Crippen molar-refractivity contribution in [1.82, 2.24) is 4.90 Å². The molecule has 0 radical (unpaired) electrons. The number of amides is 2. The lowest BCUT2D eigenvalue weighted by Crippen LogP contribution is -2.48. The molecular weight excluding hydrogens is 398 g/mol. The predicted molar refractivity (Wildman–Crippen MR) is 130 cm³/mol. The molecule has 1 heterocycles. The van der Waals surface area contributed by atoms with E-state index in [0.717, 1.165) is 35.6 Å². The third kappa shape index (κ3) is 5.24. The molecule has 0 spiro atoms. The zero-order valence-electron chi connectivity index (χ0n) is 18.2. The summed E-state index contributed by atoms with van der Waals surface area (Å²) in [6.45, 7) is 4.85. The lowest BCUT2D eigenvalue weighted by molar-refractivity contribution is -0.126. The third-order valence-electron chi connectivity index (χ3n) is 5.69. The fraction of sp³-hybridized carbons (Fsp3) is 0.185. The maximum Gasteiger partial charge on any atom is 0.255 e. The van der Waals surface area contributed by atoms with Crippen LogP contribution in [0.15, 0.2) is 84.9 Å². The minimum Gasteiger partial charge on any atom is -0.368 e. The molecule has 1 aliphatic rings. The van der Waals surface area contributed by atoms with E-state index >= 15 is 0 Å². The second-order valence-electron chi connectivity index (χ2n) is 7.87. The van der Waals surface area contributed by atoms with Gasteiger partial charge in [0.2, 0.25) is 5.91 Å². The molecule has 0 aliphatic carbocycles. The highest BCUT2D eigenvalue weighted by molar-refractivity contribution is 6.05. The van der Waals surface area contributed by atoms with Crippen LogP contribution in [0.25, 0.3) is 6.08 Å². The molecule has 1 aliphatic heterocycles. The van der Waals surface area contributed by atoms with Crippen molar-refractivity contribution in [3.8, 4) is 0 Å². The van der Waals surface area contributed by atoms with Crippen LogP contribution < -0.4 is 10.2 Å². The fourth-order valence-corrected chi connectivity index (χ4v) is 3.80. The third-order valence-corrected chi connectivity index (χ3v) is 5.69. The van der Waals surface area contributed by atoms with Gasteiger partial charge in [-0.25, -0.2) is 0 Å². The highest BCUT2D eigenvalue weighted by Crippen LogP contribution is 2.20. The van der Waals surface area contributed by atoms with E-state index in [2.05, 4.69) is 10.2 Å². The number of benzene rings is 3. The Morgan fingerprint density at radius 2 is 1.47 bits per heavy atom. The number of carbonyl (C=O) groups excluding carboxylic acids is 2. The van der Waals surface area contributed by atoms with Crippen molar-refractivity contribution in [2.24, 2.45) is 0 Å². The lowest BCUT2D eigenvalue weighted by atomic mass is 10.1. The van der Waals surface area contributed by atoms with Gasteiger partial charge in [0.1, 0.15) is 0 Å². The largest absolute Gasteiger partial charge is 0.368 e. The first kappa shape index (κ1) is 21.4. The van der Waals surface area contributed by atoms with Gasteiger partial charge < -0.3 is 15.1 Å². The molecular formula is C27H27N3O2. The van der Waals surface area contributed by atoms with Crippen LogP contribution in [-0.2, 0) is 4.79 Å². The molecule has 3 aromatic rings. The van der Waals surface area contributed by atoms with Gasteiger partial charge >= 0.3 is 0 Å². The molecule has 2 amide bonds. The van der Waals surface area contributed by atoms with Crippen LogP contribution in [0, 0.1) is 6.92 Å². The number of piperazine rings is 1. The normalized spacial score (nSPS) is 13.9. The molecule has 0 unspecified atom stereocenters. The van der Waals surface area contributed by atoms with Crippen LogP contribution in [0.4, 0.5) is 11.4 Å². The van der Waals surface area contributed by atoms with Gasteiger partial charge in [-0.15, -0.1) is 0 Å². The summed E-state index contributed by atoms with van der Waals surface area (Å²) in [7, 11) is 0. The summed E-state index contributed by atoms with van der Waals surface area (Å²) in [6, 6.07) is 25.3. The molecule has 0 atom stereocenters. The number of anilines is 2. The van der Waals surface area contributed by atoms with Gasteiger partial charge in [0.05, 0.1) is 0 Å². The first-order valence-electron chi connectivity index (χ1n) is 10.8. The second-order valence-corrected chi connectivity index (χ2v) is 7.87. The van der Waals surface area contributed by atoms with E-state index < -0.39 is 0 Å². The Morgan fingerprint density at radius 1 is 0.812 bits per heavy atom. The minimum absolute atomic E-state index is 0.0442. The monoisotopic (exact) mass is 425 g/mol. The van der Waals surface area contributed by atoms with Gasteiger partial charge in [-0.3, -0.25) is 9.59 Å². The van der Waals surface area contributed by atoms with Crippen molar-refractivity contribution in [3.05, 3.63) is 102 Å². The van der Waals surface area contributed by atoms with Crippen LogP contribution in [0.1, 0.15) is 21.5 Å². The summed E-state index contributed by atoms with van der Waals surface area (Å²) in [5, 5.41) is 2.96. The Morgan fingerprint density at radius 3 is 2.16 bits per heavy atom. The SMILES string of the molecule is Cc1ccccc1C(=O)Nc1ccc(N2CCN(C(=O)C=Cc3ccccc3)CC2)cc1. The highest BCUT2D eigenvalue weighted by atomic mass is 16.2. The maximum atomic E-state index is 12.5. The molecule has 0 bridgehead atoms. The first-order valence-corrected chi connectivity index (χ1v) is 10.8. The average molecular weight is 426 g/mol. The van der Waals surface area contributed by atoms with E-state index in [4.69, 9.17) is 0 Å². The Balaban J connectivity index is 1.30. The molecule has 0 saturated carbocycles. The van der Waals surface area contributed by atoms with Gasteiger partial charge in [0.15, 0.2) is 0 Å². The maximum absolute atomic E-state index is 12.5. The molecule has 4 rings (SSSR count). The molecule has 162 valence electrons. The molecule has 0 aromatic heterocycles. The fourth-order valence-electron chi connectivity index (χ4n) is 3.80. The van der Waals surface area contributed by atoms with E-state index in [0.29, 0.717) is 18.7 Å². The van der Waals surface area contributed by atoms with Gasteiger partial charge in [0.25, 0.3) is 5.91 Å². The zero-order chi connectivity index (χ0) is 22.3. The van der Waals surface area contributed by atoms with Gasteiger partial charge in [-0.1, -0.05) is 48.5 Å². The molecule has 32 heavy (non-hydrogen) atoms. The second kappa shape index (κ2) is 9.96. The van der Waals surface area contributed by atoms with E-state index in [1.807, 2.05) is 96.8 Å². The number of hydrogen-bond donors (Lipinski definition) is 1. The Bertz CT molecular complexity index is 1100. The number of carbonyl (C=O) groups is 2. The van der Waals surface area contributed by atoms with E-state index in [-0.39, 0.29) is 11.8 Å². The summed E-state index contributed by atoms with van der Waals surface area (Å²) in [6.07, 6.45) is 3.51.